The number of nitrogens with one attached hydrogen (secondary N) is 2. The number of anilines is 1. The summed E-state index contributed by atoms with van der Waals surface area (Å²) in [4.78, 5) is 2.17. The average Bonchev–Trinajstić information content (AvgIpc) is 3.10. The van der Waals surface area contributed by atoms with E-state index in [1.165, 1.54) is 5.57 Å². The van der Waals surface area contributed by atoms with E-state index in [0.29, 0.717) is 12.5 Å². The molecule has 2 unspecified atom stereocenters. The maximum Gasteiger partial charge on any atom is 0.173 e. The molecule has 5 nitrogen and oxygen atoms in total. The lowest BCUT2D eigenvalue weighted by molar-refractivity contribution is 0.136. The number of aromatic hydroxyl groups is 1. The molecule has 0 bridgehead atoms. The van der Waals surface area contributed by atoms with Gasteiger partial charge in [-0.05, 0) is 48.5 Å². The lowest BCUT2D eigenvalue weighted by atomic mass is 9.93. The molecule has 0 amide bonds. The van der Waals surface area contributed by atoms with E-state index < -0.39 is 0 Å². The fourth-order valence-electron chi connectivity index (χ4n) is 3.25. The highest BCUT2D eigenvalue weighted by Crippen LogP contribution is 2.30. The fourth-order valence-corrected chi connectivity index (χ4v) is 3.49. The van der Waals surface area contributed by atoms with Gasteiger partial charge in [-0.1, -0.05) is 31.2 Å². The van der Waals surface area contributed by atoms with Gasteiger partial charge in [0, 0.05) is 37.4 Å². The van der Waals surface area contributed by atoms with Crippen molar-refractivity contribution in [2.24, 2.45) is 5.92 Å². The number of allylic oxidation sites excluding steroid dienone is 2. The molecule has 2 atom stereocenters. The van der Waals surface area contributed by atoms with Crippen molar-refractivity contribution in [2.75, 3.05) is 31.6 Å². The molecule has 1 heterocycles. The van der Waals surface area contributed by atoms with Crippen LogP contribution < -0.4 is 10.6 Å². The number of thiocarbonyl (C=S) groups is 1. The number of phenols is 1. The predicted molar refractivity (Wildman–Crippen MR) is 114 cm³/mol. The van der Waals surface area contributed by atoms with E-state index in [-0.39, 0.29) is 11.9 Å². The Morgan fingerprint density at radius 2 is 2.04 bits per heavy atom. The number of rotatable bonds is 7. The second kappa shape index (κ2) is 9.58. The van der Waals surface area contributed by atoms with Gasteiger partial charge in [0.15, 0.2) is 5.11 Å². The van der Waals surface area contributed by atoms with Gasteiger partial charge in [-0.2, -0.15) is 0 Å². The Morgan fingerprint density at radius 1 is 1.26 bits per heavy atom. The van der Waals surface area contributed by atoms with Gasteiger partial charge in [-0.25, -0.2) is 0 Å². The van der Waals surface area contributed by atoms with Crippen molar-refractivity contribution in [3.8, 4) is 5.75 Å². The largest absolute Gasteiger partial charge is 0.508 e. The summed E-state index contributed by atoms with van der Waals surface area (Å²) in [6, 6.07) is 7.08. The number of fused-ring (bicyclic) bond motifs is 1. The Labute approximate surface area is 166 Å². The zero-order chi connectivity index (χ0) is 19.1. The van der Waals surface area contributed by atoms with Crippen molar-refractivity contribution < 1.29 is 9.84 Å². The molecule has 0 spiro atoms. The summed E-state index contributed by atoms with van der Waals surface area (Å²) in [6.07, 6.45) is 11.6. The normalized spacial score (nSPS) is 21.9. The zero-order valence-electron chi connectivity index (χ0n) is 15.6. The summed E-state index contributed by atoms with van der Waals surface area (Å²) in [5, 5.41) is 16.7. The first-order chi connectivity index (χ1) is 13.2. The van der Waals surface area contributed by atoms with Crippen LogP contribution in [0.4, 0.5) is 5.69 Å². The topological polar surface area (TPSA) is 56.8 Å². The molecule has 3 rings (SSSR count). The van der Waals surface area contributed by atoms with Crippen molar-refractivity contribution in [3.63, 3.8) is 0 Å². The summed E-state index contributed by atoms with van der Waals surface area (Å²) in [7, 11) is 0. The first-order valence-electron chi connectivity index (χ1n) is 9.41. The number of benzene rings is 1. The van der Waals surface area contributed by atoms with Crippen LogP contribution >= 0.6 is 12.2 Å². The predicted octanol–water partition coefficient (Wildman–Crippen LogP) is 3.42. The van der Waals surface area contributed by atoms with Crippen molar-refractivity contribution in [1.29, 1.82) is 0 Å². The molecule has 1 aromatic rings. The second-order valence-corrected chi connectivity index (χ2v) is 7.09. The SMILES string of the molecule is CCCN(CCNc1ccc(O)cc1)C(=S)N/C=C1/COC2C=CC=CC12. The lowest BCUT2D eigenvalue weighted by Gasteiger charge is -2.25. The van der Waals surface area contributed by atoms with Crippen LogP contribution in [0.1, 0.15) is 13.3 Å². The molecule has 6 heteroatoms. The Morgan fingerprint density at radius 3 is 2.81 bits per heavy atom. The monoisotopic (exact) mass is 385 g/mol. The fraction of sp³-hybridized carbons (Fsp3) is 0.381. The van der Waals surface area contributed by atoms with Crippen LogP contribution in [0.2, 0.25) is 0 Å². The van der Waals surface area contributed by atoms with Gasteiger partial charge >= 0.3 is 0 Å². The lowest BCUT2D eigenvalue weighted by Crippen LogP contribution is -2.40. The number of hydrogen-bond donors (Lipinski definition) is 3. The molecule has 3 N–H and O–H groups in total. The van der Waals surface area contributed by atoms with Gasteiger partial charge in [0.1, 0.15) is 5.75 Å². The molecule has 1 aliphatic heterocycles. The van der Waals surface area contributed by atoms with Crippen molar-refractivity contribution in [2.45, 2.75) is 19.4 Å². The van der Waals surface area contributed by atoms with E-state index in [0.717, 1.165) is 36.9 Å². The molecule has 144 valence electrons. The van der Waals surface area contributed by atoms with Crippen LogP contribution in [0.3, 0.4) is 0 Å². The van der Waals surface area contributed by atoms with Crippen LogP contribution in [-0.4, -0.2) is 47.5 Å². The van der Waals surface area contributed by atoms with E-state index in [1.54, 1.807) is 12.1 Å². The quantitative estimate of drug-likeness (QED) is 0.494. The molecule has 0 saturated carbocycles. The van der Waals surface area contributed by atoms with Crippen molar-refractivity contribution in [3.05, 3.63) is 60.3 Å². The number of ether oxygens (including phenoxy) is 1. The third-order valence-electron chi connectivity index (χ3n) is 4.69. The third kappa shape index (κ3) is 5.34. The molecular formula is C21H27N3O2S. The van der Waals surface area contributed by atoms with Gasteiger partial charge in [0.2, 0.25) is 0 Å². The van der Waals surface area contributed by atoms with E-state index in [1.807, 2.05) is 24.4 Å². The van der Waals surface area contributed by atoms with Gasteiger partial charge in [0.25, 0.3) is 0 Å². The maximum atomic E-state index is 9.35. The minimum absolute atomic E-state index is 0.151. The maximum absolute atomic E-state index is 9.35. The molecule has 27 heavy (non-hydrogen) atoms. The minimum atomic E-state index is 0.151. The average molecular weight is 386 g/mol. The standard InChI is InChI=1S/C21H27N3O2S/c1-2-12-24(13-11-22-17-7-9-18(25)10-8-17)21(27)23-14-16-15-26-20-6-4-3-5-19(16)20/h3-10,14,19-20,22,25H,2,11-13,15H2,1H3,(H,23,27)/b16-14-. The molecule has 1 aromatic carbocycles. The van der Waals surface area contributed by atoms with Crippen LogP contribution in [0, 0.1) is 5.92 Å². The Balaban J connectivity index is 1.50. The number of nitrogens with zero attached hydrogens (tertiary/aromatic N) is 1. The van der Waals surface area contributed by atoms with Gasteiger partial charge in [-0.3, -0.25) is 0 Å². The third-order valence-corrected chi connectivity index (χ3v) is 5.07. The molecule has 1 saturated heterocycles. The Bertz CT molecular complexity index is 727. The summed E-state index contributed by atoms with van der Waals surface area (Å²) < 4.78 is 5.80. The Hall–Kier alpha value is -2.31. The molecule has 0 radical (unpaired) electrons. The van der Waals surface area contributed by atoms with Crippen LogP contribution in [-0.2, 0) is 4.74 Å². The van der Waals surface area contributed by atoms with Crippen LogP contribution in [0.15, 0.2) is 60.3 Å². The summed E-state index contributed by atoms with van der Waals surface area (Å²) in [5.74, 6) is 0.578. The van der Waals surface area contributed by atoms with Crippen molar-refractivity contribution in [1.82, 2.24) is 10.2 Å². The van der Waals surface area contributed by atoms with Crippen LogP contribution in [0.25, 0.3) is 0 Å². The highest BCUT2D eigenvalue weighted by atomic mass is 32.1. The number of hydrogen-bond acceptors (Lipinski definition) is 4. The minimum Gasteiger partial charge on any atom is -0.508 e. The summed E-state index contributed by atoms with van der Waals surface area (Å²) in [5.41, 5.74) is 2.21. The Kier molecular flexibility index (Phi) is 6.90. The van der Waals surface area contributed by atoms with E-state index in [4.69, 9.17) is 17.0 Å². The van der Waals surface area contributed by atoms with E-state index in [9.17, 15) is 5.11 Å². The summed E-state index contributed by atoms with van der Waals surface area (Å²) in [6.45, 7) is 5.25. The summed E-state index contributed by atoms with van der Waals surface area (Å²) >= 11 is 5.61. The highest BCUT2D eigenvalue weighted by molar-refractivity contribution is 7.80. The van der Waals surface area contributed by atoms with Crippen LogP contribution in [0.5, 0.6) is 5.75 Å². The van der Waals surface area contributed by atoms with E-state index >= 15 is 0 Å². The first kappa shape index (κ1) is 19.5. The molecule has 1 fully saturated rings. The molecule has 1 aliphatic carbocycles. The zero-order valence-corrected chi connectivity index (χ0v) is 16.4. The van der Waals surface area contributed by atoms with Crippen molar-refractivity contribution >= 4 is 23.0 Å². The highest BCUT2D eigenvalue weighted by Gasteiger charge is 2.29. The van der Waals surface area contributed by atoms with Gasteiger partial charge < -0.3 is 25.4 Å². The van der Waals surface area contributed by atoms with Gasteiger partial charge in [-0.15, -0.1) is 0 Å². The smallest absolute Gasteiger partial charge is 0.173 e. The molecule has 0 aromatic heterocycles. The van der Waals surface area contributed by atoms with Gasteiger partial charge in [0.05, 0.1) is 12.7 Å². The molecular weight excluding hydrogens is 358 g/mol. The first-order valence-corrected chi connectivity index (χ1v) is 9.82. The second-order valence-electron chi connectivity index (χ2n) is 6.70. The molecule has 2 aliphatic rings. The van der Waals surface area contributed by atoms with E-state index in [2.05, 4.69) is 40.7 Å². The number of phenolic OH excluding ortho intramolecular Hbond substituents is 1.